The van der Waals surface area contributed by atoms with Crippen LogP contribution < -0.4 is 15.4 Å². The van der Waals surface area contributed by atoms with E-state index in [1.807, 2.05) is 24.3 Å². The van der Waals surface area contributed by atoms with Gasteiger partial charge in [-0.3, -0.25) is 4.79 Å². The van der Waals surface area contributed by atoms with Crippen molar-refractivity contribution in [1.29, 1.82) is 0 Å². The van der Waals surface area contributed by atoms with Crippen molar-refractivity contribution in [1.82, 2.24) is 10.6 Å². The van der Waals surface area contributed by atoms with Crippen LogP contribution >= 0.6 is 12.4 Å². The molecular formula is C18H23ClN2O2. The molecule has 3 rings (SSSR count). The van der Waals surface area contributed by atoms with Crippen LogP contribution in [0, 0.1) is 5.92 Å². The largest absolute Gasteiger partial charge is 0.492 e. The Labute approximate surface area is 143 Å². The zero-order valence-corrected chi connectivity index (χ0v) is 13.9. The minimum absolute atomic E-state index is 0. The molecule has 0 saturated carbocycles. The van der Waals surface area contributed by atoms with Crippen LogP contribution in [0.25, 0.3) is 10.8 Å². The number of amides is 1. The molecular weight excluding hydrogens is 312 g/mol. The number of ether oxygens (including phenoxy) is 1. The van der Waals surface area contributed by atoms with Crippen LogP contribution in [0.15, 0.2) is 42.5 Å². The van der Waals surface area contributed by atoms with Gasteiger partial charge in [0.1, 0.15) is 12.4 Å². The molecule has 0 radical (unpaired) electrons. The Balaban J connectivity index is 0.00000192. The highest BCUT2D eigenvalue weighted by Crippen LogP contribution is 2.20. The number of piperidine rings is 1. The van der Waals surface area contributed by atoms with Gasteiger partial charge in [0.15, 0.2) is 0 Å². The number of carbonyl (C=O) groups is 1. The molecule has 1 unspecified atom stereocenters. The van der Waals surface area contributed by atoms with E-state index in [0.717, 1.165) is 37.1 Å². The molecule has 4 nitrogen and oxygen atoms in total. The maximum atomic E-state index is 12.0. The Hall–Kier alpha value is -1.78. The highest BCUT2D eigenvalue weighted by atomic mass is 35.5. The zero-order chi connectivity index (χ0) is 15.2. The first-order valence-electron chi connectivity index (χ1n) is 7.93. The molecule has 1 aliphatic rings. The van der Waals surface area contributed by atoms with Crippen molar-refractivity contribution in [3.8, 4) is 5.75 Å². The van der Waals surface area contributed by atoms with E-state index in [4.69, 9.17) is 4.74 Å². The standard InChI is InChI=1S/C18H22N2O2.ClH/c21-18(16-6-3-9-19-13-16)20-10-11-22-17-8-7-14-4-1-2-5-15(14)12-17;/h1-2,4-5,7-8,12,16,19H,3,6,9-11,13H2,(H,20,21);1H. The van der Waals surface area contributed by atoms with Crippen molar-refractivity contribution in [2.75, 3.05) is 26.2 Å². The summed E-state index contributed by atoms with van der Waals surface area (Å²) in [7, 11) is 0. The molecule has 1 aliphatic heterocycles. The third-order valence-corrected chi connectivity index (χ3v) is 4.06. The Morgan fingerprint density at radius 1 is 1.22 bits per heavy atom. The van der Waals surface area contributed by atoms with Crippen LogP contribution in [0.5, 0.6) is 5.75 Å². The number of hydrogen-bond donors (Lipinski definition) is 2. The van der Waals surface area contributed by atoms with Crippen LogP contribution in [0.1, 0.15) is 12.8 Å². The Kier molecular flexibility index (Phi) is 6.68. The van der Waals surface area contributed by atoms with Crippen LogP contribution in [-0.4, -0.2) is 32.1 Å². The van der Waals surface area contributed by atoms with Gasteiger partial charge in [-0.1, -0.05) is 30.3 Å². The summed E-state index contributed by atoms with van der Waals surface area (Å²) in [5.74, 6) is 1.08. The molecule has 1 amide bonds. The molecule has 2 N–H and O–H groups in total. The number of halogens is 1. The van der Waals surface area contributed by atoms with E-state index in [2.05, 4.69) is 28.8 Å². The van der Waals surface area contributed by atoms with E-state index in [9.17, 15) is 4.79 Å². The van der Waals surface area contributed by atoms with E-state index in [0.29, 0.717) is 13.2 Å². The lowest BCUT2D eigenvalue weighted by Gasteiger charge is -2.21. The van der Waals surface area contributed by atoms with Gasteiger partial charge >= 0.3 is 0 Å². The molecule has 1 atom stereocenters. The third-order valence-electron chi connectivity index (χ3n) is 4.06. The SMILES string of the molecule is Cl.O=C(NCCOc1ccc2ccccc2c1)C1CCCNC1. The Morgan fingerprint density at radius 3 is 2.83 bits per heavy atom. The summed E-state index contributed by atoms with van der Waals surface area (Å²) in [5, 5.41) is 8.58. The van der Waals surface area contributed by atoms with E-state index in [1.54, 1.807) is 0 Å². The lowest BCUT2D eigenvalue weighted by Crippen LogP contribution is -2.41. The molecule has 0 spiro atoms. The maximum absolute atomic E-state index is 12.0. The molecule has 23 heavy (non-hydrogen) atoms. The van der Waals surface area contributed by atoms with E-state index in [-0.39, 0.29) is 24.2 Å². The zero-order valence-electron chi connectivity index (χ0n) is 13.1. The third kappa shape index (κ3) is 4.85. The summed E-state index contributed by atoms with van der Waals surface area (Å²) in [5.41, 5.74) is 0. The molecule has 1 saturated heterocycles. The van der Waals surface area contributed by atoms with Gasteiger partial charge in [-0.2, -0.15) is 0 Å². The lowest BCUT2D eigenvalue weighted by atomic mass is 9.99. The minimum Gasteiger partial charge on any atom is -0.492 e. The molecule has 5 heteroatoms. The molecule has 2 aromatic rings. The van der Waals surface area contributed by atoms with E-state index < -0.39 is 0 Å². The van der Waals surface area contributed by atoms with Crippen molar-refractivity contribution in [2.45, 2.75) is 12.8 Å². The van der Waals surface area contributed by atoms with Crippen molar-refractivity contribution in [2.24, 2.45) is 5.92 Å². The Bertz CT molecular complexity index is 642. The number of rotatable bonds is 5. The molecule has 124 valence electrons. The van der Waals surface area contributed by atoms with Crippen molar-refractivity contribution >= 4 is 29.1 Å². The second-order valence-corrected chi connectivity index (χ2v) is 5.69. The summed E-state index contributed by atoms with van der Waals surface area (Å²) in [4.78, 5) is 12.0. The molecule has 2 aromatic carbocycles. The number of benzene rings is 2. The van der Waals surface area contributed by atoms with Crippen molar-refractivity contribution in [3.05, 3.63) is 42.5 Å². The summed E-state index contributed by atoms with van der Waals surface area (Å²) < 4.78 is 5.72. The van der Waals surface area contributed by atoms with Gasteiger partial charge in [-0.15, -0.1) is 12.4 Å². The highest BCUT2D eigenvalue weighted by Gasteiger charge is 2.20. The fourth-order valence-corrected chi connectivity index (χ4v) is 2.82. The molecule has 0 bridgehead atoms. The summed E-state index contributed by atoms with van der Waals surface area (Å²) >= 11 is 0. The van der Waals surface area contributed by atoms with Crippen LogP contribution in [0.4, 0.5) is 0 Å². The topological polar surface area (TPSA) is 50.4 Å². The van der Waals surface area contributed by atoms with Crippen LogP contribution in [-0.2, 0) is 4.79 Å². The smallest absolute Gasteiger partial charge is 0.224 e. The normalized spacial score (nSPS) is 17.3. The van der Waals surface area contributed by atoms with Gasteiger partial charge in [-0.05, 0) is 42.3 Å². The molecule has 1 fully saturated rings. The number of fused-ring (bicyclic) bond motifs is 1. The molecule has 0 aromatic heterocycles. The number of hydrogen-bond acceptors (Lipinski definition) is 3. The van der Waals surface area contributed by atoms with Crippen LogP contribution in [0.2, 0.25) is 0 Å². The fraction of sp³-hybridized carbons (Fsp3) is 0.389. The molecule has 0 aliphatic carbocycles. The monoisotopic (exact) mass is 334 g/mol. The number of carbonyl (C=O) groups excluding carboxylic acids is 1. The van der Waals surface area contributed by atoms with Crippen LogP contribution in [0.3, 0.4) is 0 Å². The maximum Gasteiger partial charge on any atom is 0.224 e. The van der Waals surface area contributed by atoms with Crippen molar-refractivity contribution < 1.29 is 9.53 Å². The Morgan fingerprint density at radius 2 is 2.04 bits per heavy atom. The van der Waals surface area contributed by atoms with Gasteiger partial charge in [0.05, 0.1) is 12.5 Å². The van der Waals surface area contributed by atoms with E-state index >= 15 is 0 Å². The first-order chi connectivity index (χ1) is 10.8. The highest BCUT2D eigenvalue weighted by molar-refractivity contribution is 5.85. The predicted octanol–water partition coefficient (Wildman–Crippen LogP) is 2.76. The predicted molar refractivity (Wildman–Crippen MR) is 95.3 cm³/mol. The number of nitrogens with one attached hydrogen (secondary N) is 2. The second-order valence-electron chi connectivity index (χ2n) is 5.69. The van der Waals surface area contributed by atoms with Crippen molar-refractivity contribution in [3.63, 3.8) is 0 Å². The minimum atomic E-state index is 0. The average Bonchev–Trinajstić information content (AvgIpc) is 2.59. The van der Waals surface area contributed by atoms with E-state index in [1.165, 1.54) is 5.39 Å². The van der Waals surface area contributed by atoms with Gasteiger partial charge in [0.2, 0.25) is 5.91 Å². The van der Waals surface area contributed by atoms with Gasteiger partial charge in [-0.25, -0.2) is 0 Å². The average molecular weight is 335 g/mol. The van der Waals surface area contributed by atoms with Gasteiger partial charge < -0.3 is 15.4 Å². The molecule has 1 heterocycles. The first kappa shape index (κ1) is 17.6. The summed E-state index contributed by atoms with van der Waals surface area (Å²) in [6.45, 7) is 2.85. The summed E-state index contributed by atoms with van der Waals surface area (Å²) in [6, 6.07) is 14.2. The summed E-state index contributed by atoms with van der Waals surface area (Å²) in [6.07, 6.45) is 2.05. The first-order valence-corrected chi connectivity index (χ1v) is 7.93. The fourth-order valence-electron chi connectivity index (χ4n) is 2.82. The quantitative estimate of drug-likeness (QED) is 0.827. The second kappa shape index (κ2) is 8.75. The van der Waals surface area contributed by atoms with Gasteiger partial charge in [0, 0.05) is 6.54 Å². The van der Waals surface area contributed by atoms with Gasteiger partial charge in [0.25, 0.3) is 0 Å². The lowest BCUT2D eigenvalue weighted by molar-refractivity contribution is -0.125.